The Morgan fingerprint density at radius 3 is 3.12 bits per heavy atom. The maximum absolute atomic E-state index is 13.0. The van der Waals surface area contributed by atoms with Crippen molar-refractivity contribution in [3.63, 3.8) is 0 Å². The Balaban J connectivity index is 1.94. The number of nitrogens with one attached hydrogen (secondary N) is 1. The Kier molecular flexibility index (Phi) is 2.05. The van der Waals surface area contributed by atoms with E-state index in [1.54, 1.807) is 6.07 Å². The summed E-state index contributed by atoms with van der Waals surface area (Å²) in [7, 11) is 0. The van der Waals surface area contributed by atoms with Crippen molar-refractivity contribution in [2.24, 2.45) is 5.73 Å². The molecule has 2 aliphatic rings. The fourth-order valence-corrected chi connectivity index (χ4v) is 2.40. The molecule has 0 bridgehead atoms. The van der Waals surface area contributed by atoms with Crippen molar-refractivity contribution < 1.29 is 14.2 Å². The van der Waals surface area contributed by atoms with Crippen LogP contribution in [0.25, 0.3) is 0 Å². The van der Waals surface area contributed by atoms with Crippen LogP contribution in [0.5, 0.6) is 5.75 Å². The Bertz CT molecular complexity index is 426. The standard InChI is InChI=1S/C11H13FN2O2/c12-5-1-2-7-8(3-5)16-9-4-6(13)11(15)10(9)14-7/h1-3,6,9-11,14-15H,4,13H2/t6-,9-,10-,11-/m1/s1. The van der Waals surface area contributed by atoms with Crippen molar-refractivity contribution in [2.45, 2.75) is 30.7 Å². The number of rotatable bonds is 0. The van der Waals surface area contributed by atoms with Gasteiger partial charge in [-0.25, -0.2) is 4.39 Å². The second-order valence-corrected chi connectivity index (χ2v) is 4.36. The van der Waals surface area contributed by atoms with Crippen molar-refractivity contribution in [1.29, 1.82) is 0 Å². The highest BCUT2D eigenvalue weighted by molar-refractivity contribution is 5.59. The minimum absolute atomic E-state index is 0.181. The van der Waals surface area contributed by atoms with Gasteiger partial charge in [0.05, 0.1) is 17.8 Å². The van der Waals surface area contributed by atoms with E-state index in [-0.39, 0.29) is 24.0 Å². The molecule has 1 aromatic rings. The maximum Gasteiger partial charge on any atom is 0.145 e. The first-order valence-corrected chi connectivity index (χ1v) is 5.31. The van der Waals surface area contributed by atoms with Crippen LogP contribution in [0.15, 0.2) is 18.2 Å². The van der Waals surface area contributed by atoms with E-state index < -0.39 is 6.10 Å². The van der Waals surface area contributed by atoms with E-state index in [1.165, 1.54) is 12.1 Å². The molecule has 4 nitrogen and oxygen atoms in total. The molecule has 1 saturated carbocycles. The lowest BCUT2D eigenvalue weighted by Gasteiger charge is -2.31. The van der Waals surface area contributed by atoms with Gasteiger partial charge in [-0.2, -0.15) is 0 Å². The van der Waals surface area contributed by atoms with E-state index in [2.05, 4.69) is 5.32 Å². The van der Waals surface area contributed by atoms with Crippen LogP contribution in [0.2, 0.25) is 0 Å². The molecule has 86 valence electrons. The summed E-state index contributed by atoms with van der Waals surface area (Å²) in [6.07, 6.45) is -0.225. The quantitative estimate of drug-likeness (QED) is 0.599. The molecule has 0 aromatic heterocycles. The van der Waals surface area contributed by atoms with E-state index in [0.717, 1.165) is 0 Å². The van der Waals surface area contributed by atoms with Crippen LogP contribution >= 0.6 is 0 Å². The summed E-state index contributed by atoms with van der Waals surface area (Å²) in [4.78, 5) is 0. The van der Waals surface area contributed by atoms with E-state index in [4.69, 9.17) is 10.5 Å². The number of benzene rings is 1. The fraction of sp³-hybridized carbons (Fsp3) is 0.455. The first kappa shape index (κ1) is 9.86. The Hall–Kier alpha value is -1.33. The minimum Gasteiger partial charge on any atom is -0.486 e. The molecule has 1 heterocycles. The summed E-state index contributed by atoms with van der Waals surface area (Å²) >= 11 is 0. The molecule has 5 heteroatoms. The fourth-order valence-electron chi connectivity index (χ4n) is 2.40. The zero-order valence-corrected chi connectivity index (χ0v) is 8.56. The predicted molar refractivity (Wildman–Crippen MR) is 56.8 cm³/mol. The Labute approximate surface area is 92.2 Å². The number of aliphatic hydroxyl groups is 1. The number of anilines is 1. The van der Waals surface area contributed by atoms with E-state index in [9.17, 15) is 9.50 Å². The van der Waals surface area contributed by atoms with Crippen molar-refractivity contribution in [2.75, 3.05) is 5.32 Å². The minimum atomic E-state index is -0.622. The topological polar surface area (TPSA) is 67.5 Å². The van der Waals surface area contributed by atoms with Crippen LogP contribution in [0, 0.1) is 5.82 Å². The van der Waals surface area contributed by atoms with Gasteiger partial charge in [0.1, 0.15) is 17.7 Å². The van der Waals surface area contributed by atoms with Gasteiger partial charge in [0, 0.05) is 18.5 Å². The number of hydrogen-bond acceptors (Lipinski definition) is 4. The maximum atomic E-state index is 13.0. The van der Waals surface area contributed by atoms with Gasteiger partial charge in [0.15, 0.2) is 0 Å². The molecule has 1 aliphatic carbocycles. The molecule has 0 unspecified atom stereocenters. The number of nitrogens with two attached hydrogens (primary N) is 1. The number of fused-ring (bicyclic) bond motifs is 2. The largest absolute Gasteiger partial charge is 0.486 e. The summed E-state index contributed by atoms with van der Waals surface area (Å²) in [5.41, 5.74) is 6.46. The summed E-state index contributed by atoms with van der Waals surface area (Å²) < 4.78 is 18.6. The van der Waals surface area contributed by atoms with Crippen LogP contribution < -0.4 is 15.8 Å². The smallest absolute Gasteiger partial charge is 0.145 e. The molecule has 1 aliphatic heterocycles. The first-order chi connectivity index (χ1) is 7.65. The van der Waals surface area contributed by atoms with Crippen molar-refractivity contribution in [3.05, 3.63) is 24.0 Å². The van der Waals surface area contributed by atoms with Gasteiger partial charge < -0.3 is 20.9 Å². The molecule has 3 rings (SSSR count). The van der Waals surface area contributed by atoms with Crippen molar-refractivity contribution in [3.8, 4) is 5.75 Å². The second-order valence-electron chi connectivity index (χ2n) is 4.36. The average molecular weight is 224 g/mol. The second kappa shape index (κ2) is 3.33. The number of hydrogen-bond donors (Lipinski definition) is 3. The third-order valence-electron chi connectivity index (χ3n) is 3.26. The summed E-state index contributed by atoms with van der Waals surface area (Å²) in [5.74, 6) is 0.157. The Morgan fingerprint density at radius 2 is 2.31 bits per heavy atom. The predicted octanol–water partition coefficient (Wildman–Crippen LogP) is 0.459. The van der Waals surface area contributed by atoms with Gasteiger partial charge in [-0.15, -0.1) is 0 Å². The third kappa shape index (κ3) is 1.36. The van der Waals surface area contributed by atoms with Gasteiger partial charge in [-0.1, -0.05) is 0 Å². The summed E-state index contributed by atoms with van der Waals surface area (Å²) in [5, 5.41) is 13.0. The van der Waals surface area contributed by atoms with Gasteiger partial charge in [-0.3, -0.25) is 0 Å². The zero-order valence-electron chi connectivity index (χ0n) is 8.56. The zero-order chi connectivity index (χ0) is 11.3. The highest BCUT2D eigenvalue weighted by Crippen LogP contribution is 2.37. The van der Waals surface area contributed by atoms with Crippen LogP contribution in [-0.4, -0.2) is 29.4 Å². The molecule has 0 radical (unpaired) electrons. The van der Waals surface area contributed by atoms with Gasteiger partial charge in [-0.05, 0) is 12.1 Å². The lowest BCUT2D eigenvalue weighted by atomic mass is 10.1. The van der Waals surface area contributed by atoms with Gasteiger partial charge in [0.25, 0.3) is 0 Å². The van der Waals surface area contributed by atoms with Crippen LogP contribution in [0.3, 0.4) is 0 Å². The summed E-state index contributed by atoms with van der Waals surface area (Å²) in [6.45, 7) is 0. The van der Waals surface area contributed by atoms with Crippen LogP contribution in [-0.2, 0) is 0 Å². The SMILES string of the molecule is N[C@@H]1C[C@H]2Oc3cc(F)ccc3N[C@H]2[C@@H]1O. The molecular weight excluding hydrogens is 211 g/mol. The number of aliphatic hydroxyl groups excluding tert-OH is 1. The lowest BCUT2D eigenvalue weighted by Crippen LogP contribution is -2.45. The van der Waals surface area contributed by atoms with E-state index in [0.29, 0.717) is 17.9 Å². The van der Waals surface area contributed by atoms with Gasteiger partial charge >= 0.3 is 0 Å². The Morgan fingerprint density at radius 1 is 1.50 bits per heavy atom. The first-order valence-electron chi connectivity index (χ1n) is 5.31. The lowest BCUT2D eigenvalue weighted by molar-refractivity contribution is 0.120. The molecule has 0 saturated heterocycles. The molecule has 1 aromatic carbocycles. The average Bonchev–Trinajstić information content (AvgIpc) is 2.52. The normalized spacial score (nSPS) is 35.9. The highest BCUT2D eigenvalue weighted by atomic mass is 19.1. The van der Waals surface area contributed by atoms with E-state index in [1.807, 2.05) is 0 Å². The monoisotopic (exact) mass is 224 g/mol. The molecule has 16 heavy (non-hydrogen) atoms. The molecule has 1 fully saturated rings. The van der Waals surface area contributed by atoms with Crippen LogP contribution in [0.4, 0.5) is 10.1 Å². The number of halogens is 1. The molecule has 0 amide bonds. The van der Waals surface area contributed by atoms with E-state index >= 15 is 0 Å². The molecular formula is C11H13FN2O2. The number of ether oxygens (including phenoxy) is 1. The third-order valence-corrected chi connectivity index (χ3v) is 3.26. The summed E-state index contributed by atoms with van der Waals surface area (Å²) in [6, 6.07) is 3.82. The van der Waals surface area contributed by atoms with Crippen molar-refractivity contribution in [1.82, 2.24) is 0 Å². The highest BCUT2D eigenvalue weighted by Gasteiger charge is 2.44. The van der Waals surface area contributed by atoms with Crippen LogP contribution in [0.1, 0.15) is 6.42 Å². The molecule has 4 N–H and O–H groups in total. The van der Waals surface area contributed by atoms with Crippen molar-refractivity contribution >= 4 is 5.69 Å². The molecule has 4 atom stereocenters. The molecule has 0 spiro atoms. The van der Waals surface area contributed by atoms with Gasteiger partial charge in [0.2, 0.25) is 0 Å².